The first-order valence-electron chi connectivity index (χ1n) is 14.5. The summed E-state index contributed by atoms with van der Waals surface area (Å²) in [6.07, 6.45) is 1.95. The Morgan fingerprint density at radius 1 is 1.14 bits per heavy atom. The van der Waals surface area contributed by atoms with Gasteiger partial charge in [-0.05, 0) is 44.0 Å². The van der Waals surface area contributed by atoms with Crippen LogP contribution in [0.2, 0.25) is 0 Å². The van der Waals surface area contributed by atoms with E-state index in [0.29, 0.717) is 44.8 Å². The third kappa shape index (κ3) is 4.75. The zero-order valence-electron chi connectivity index (χ0n) is 24.1. The smallest absolute Gasteiger partial charge is 0.414 e. The lowest BCUT2D eigenvalue weighted by molar-refractivity contribution is -0.146. The van der Waals surface area contributed by atoms with E-state index >= 15 is 0 Å². The van der Waals surface area contributed by atoms with E-state index in [1.165, 1.54) is 0 Å². The molecule has 222 valence electrons. The van der Waals surface area contributed by atoms with Crippen LogP contribution in [0.1, 0.15) is 44.0 Å². The van der Waals surface area contributed by atoms with Crippen molar-refractivity contribution in [2.24, 2.45) is 11.8 Å². The average molecular weight is 576 g/mol. The zero-order chi connectivity index (χ0) is 29.6. The molecule has 1 aromatic heterocycles. The Hall–Kier alpha value is -3.80. The molecule has 0 radical (unpaired) electrons. The molecule has 0 aliphatic carbocycles. The van der Waals surface area contributed by atoms with Crippen molar-refractivity contribution in [1.82, 2.24) is 15.0 Å². The summed E-state index contributed by atoms with van der Waals surface area (Å²) in [7, 11) is 0. The normalized spacial score (nSPS) is 25.5. The number of carbonyl (C=O) groups is 2. The van der Waals surface area contributed by atoms with Crippen LogP contribution in [0.25, 0.3) is 0 Å². The van der Waals surface area contributed by atoms with E-state index in [1.54, 1.807) is 34.5 Å². The van der Waals surface area contributed by atoms with Crippen LogP contribution in [-0.2, 0) is 39.4 Å². The van der Waals surface area contributed by atoms with Gasteiger partial charge in [0.05, 0.1) is 36.2 Å². The maximum absolute atomic E-state index is 14.5. The third-order valence-electron chi connectivity index (χ3n) is 8.81. The van der Waals surface area contributed by atoms with E-state index < -0.39 is 17.3 Å². The summed E-state index contributed by atoms with van der Waals surface area (Å²) in [6.45, 7) is 7.17. The van der Waals surface area contributed by atoms with Crippen molar-refractivity contribution in [3.63, 3.8) is 0 Å². The number of hydrogen-bond donors (Lipinski definition) is 2. The van der Waals surface area contributed by atoms with Crippen molar-refractivity contribution in [1.29, 1.82) is 0 Å². The Balaban J connectivity index is 1.30. The molecule has 2 aromatic carbocycles. The fourth-order valence-electron chi connectivity index (χ4n) is 7.03. The molecule has 11 heteroatoms. The average Bonchev–Trinajstić information content (AvgIpc) is 3.71. The highest BCUT2D eigenvalue weighted by molar-refractivity contribution is 6.07. The molecule has 3 aromatic rings. The standard InChI is InChI=1S/C31H37N5O6/c1-20-27(30(2,3)40)26(11-13-34-19-22(12-15-37)32-33-34)42-31(20)24-9-4-5-10-25(24)36(28(31)38)18-21-7-6-8-23(17-21)35-14-16-41-29(35)39/h4-10,17,19-20,26-27,37,40H,11-16,18H2,1-3H3/t20-,26+,27-,31+/m1/s1. The second-order valence-corrected chi connectivity index (χ2v) is 11.9. The molecule has 3 aliphatic rings. The Kier molecular flexibility index (Phi) is 7.28. The number of aliphatic hydroxyl groups excluding tert-OH is 1. The Morgan fingerprint density at radius 3 is 2.69 bits per heavy atom. The quantitative estimate of drug-likeness (QED) is 0.398. The number of rotatable bonds is 9. The van der Waals surface area contributed by atoms with Gasteiger partial charge in [-0.3, -0.25) is 14.4 Å². The number of amides is 2. The predicted octanol–water partition coefficient (Wildman–Crippen LogP) is 3.02. The summed E-state index contributed by atoms with van der Waals surface area (Å²) >= 11 is 0. The van der Waals surface area contributed by atoms with Crippen molar-refractivity contribution in [2.45, 2.75) is 64.0 Å². The molecule has 4 heterocycles. The summed E-state index contributed by atoms with van der Waals surface area (Å²) in [6, 6.07) is 15.3. The topological polar surface area (TPSA) is 130 Å². The van der Waals surface area contributed by atoms with Gasteiger partial charge in [0.25, 0.3) is 5.91 Å². The van der Waals surface area contributed by atoms with Gasteiger partial charge in [0.2, 0.25) is 0 Å². The number of benzene rings is 2. The first-order valence-corrected chi connectivity index (χ1v) is 14.5. The van der Waals surface area contributed by atoms with Gasteiger partial charge < -0.3 is 24.6 Å². The molecule has 0 saturated carbocycles. The van der Waals surface area contributed by atoms with E-state index in [9.17, 15) is 19.8 Å². The molecule has 6 rings (SSSR count). The summed E-state index contributed by atoms with van der Waals surface area (Å²) in [5.74, 6) is -0.822. The van der Waals surface area contributed by atoms with Gasteiger partial charge in [0.1, 0.15) is 6.61 Å². The van der Waals surface area contributed by atoms with Gasteiger partial charge in [-0.15, -0.1) is 5.10 Å². The number of fused-ring (bicyclic) bond motifs is 2. The van der Waals surface area contributed by atoms with Crippen molar-refractivity contribution in [3.8, 4) is 0 Å². The van der Waals surface area contributed by atoms with Crippen LogP contribution in [0, 0.1) is 11.8 Å². The van der Waals surface area contributed by atoms with Crippen molar-refractivity contribution < 1.29 is 29.3 Å². The first kappa shape index (κ1) is 28.3. The number of nitrogens with zero attached hydrogens (tertiary/aromatic N) is 5. The van der Waals surface area contributed by atoms with Gasteiger partial charge in [0, 0.05) is 48.9 Å². The number of aliphatic hydroxyl groups is 2. The lowest BCUT2D eigenvalue weighted by Crippen LogP contribution is -2.46. The molecule has 0 bridgehead atoms. The molecular weight excluding hydrogens is 538 g/mol. The molecule has 11 nitrogen and oxygen atoms in total. The van der Waals surface area contributed by atoms with Crippen LogP contribution in [0.4, 0.5) is 16.2 Å². The molecule has 2 fully saturated rings. The molecule has 3 aliphatic heterocycles. The number of para-hydroxylation sites is 1. The predicted molar refractivity (Wildman–Crippen MR) is 154 cm³/mol. The monoisotopic (exact) mass is 575 g/mol. The lowest BCUT2D eigenvalue weighted by Gasteiger charge is -2.34. The number of anilines is 2. The summed E-state index contributed by atoms with van der Waals surface area (Å²) in [4.78, 5) is 30.0. The summed E-state index contributed by atoms with van der Waals surface area (Å²) < 4.78 is 13.7. The summed E-state index contributed by atoms with van der Waals surface area (Å²) in [5.41, 5.74) is 1.51. The molecule has 2 saturated heterocycles. The van der Waals surface area contributed by atoms with Gasteiger partial charge >= 0.3 is 6.09 Å². The minimum atomic E-state index is -1.26. The second-order valence-electron chi connectivity index (χ2n) is 11.9. The Morgan fingerprint density at radius 2 is 1.95 bits per heavy atom. The van der Waals surface area contributed by atoms with Crippen molar-refractivity contribution in [2.75, 3.05) is 29.6 Å². The highest BCUT2D eigenvalue weighted by Crippen LogP contribution is 2.58. The highest BCUT2D eigenvalue weighted by atomic mass is 16.6. The SMILES string of the molecule is C[C@@H]1[C@@H](C(C)(C)O)[C@H](CCn2cc(CCO)nn2)O[C@@]12C(=O)N(Cc1cccc(N3CCOC3=O)c1)c1ccccc12. The second kappa shape index (κ2) is 10.8. The van der Waals surface area contributed by atoms with Crippen LogP contribution < -0.4 is 9.80 Å². The molecule has 2 amide bonds. The third-order valence-corrected chi connectivity index (χ3v) is 8.81. The lowest BCUT2D eigenvalue weighted by atomic mass is 9.71. The van der Waals surface area contributed by atoms with Crippen molar-refractivity contribution >= 4 is 23.4 Å². The number of cyclic esters (lactones) is 1. The number of aryl methyl sites for hydroxylation is 1. The van der Waals surface area contributed by atoms with Crippen molar-refractivity contribution in [3.05, 3.63) is 71.5 Å². The number of carbonyl (C=O) groups excluding carboxylic acids is 2. The minimum Gasteiger partial charge on any atom is -0.447 e. The van der Waals surface area contributed by atoms with E-state index in [4.69, 9.17) is 9.47 Å². The molecule has 4 atom stereocenters. The van der Waals surface area contributed by atoms with E-state index in [-0.39, 0.29) is 30.4 Å². The Labute approximate surface area is 244 Å². The fourth-order valence-corrected chi connectivity index (χ4v) is 7.03. The van der Waals surface area contributed by atoms with Gasteiger partial charge in [-0.25, -0.2) is 4.79 Å². The largest absolute Gasteiger partial charge is 0.447 e. The molecule has 0 unspecified atom stereocenters. The summed E-state index contributed by atoms with van der Waals surface area (Å²) in [5, 5.41) is 28.8. The van der Waals surface area contributed by atoms with Gasteiger partial charge in [-0.1, -0.05) is 42.5 Å². The van der Waals surface area contributed by atoms with E-state index in [2.05, 4.69) is 10.3 Å². The number of aromatic nitrogens is 3. The number of hydrogen-bond acceptors (Lipinski definition) is 8. The highest BCUT2D eigenvalue weighted by Gasteiger charge is 2.65. The van der Waals surface area contributed by atoms with E-state index in [1.807, 2.05) is 55.5 Å². The van der Waals surface area contributed by atoms with Crippen LogP contribution in [0.3, 0.4) is 0 Å². The van der Waals surface area contributed by atoms with Crippen LogP contribution in [0.15, 0.2) is 54.7 Å². The van der Waals surface area contributed by atoms with Gasteiger partial charge in [-0.2, -0.15) is 0 Å². The maximum Gasteiger partial charge on any atom is 0.414 e. The molecular formula is C31H37N5O6. The van der Waals surface area contributed by atoms with Gasteiger partial charge in [0.15, 0.2) is 5.60 Å². The number of ether oxygens (including phenoxy) is 2. The van der Waals surface area contributed by atoms with Crippen LogP contribution in [0.5, 0.6) is 0 Å². The Bertz CT molecular complexity index is 1480. The molecule has 1 spiro atoms. The zero-order valence-corrected chi connectivity index (χ0v) is 24.1. The van der Waals surface area contributed by atoms with Crippen LogP contribution in [-0.4, -0.2) is 68.7 Å². The molecule has 2 N–H and O–H groups in total. The fraction of sp³-hybridized carbons (Fsp3) is 0.484. The van der Waals surface area contributed by atoms with E-state index in [0.717, 1.165) is 22.5 Å². The molecule has 42 heavy (non-hydrogen) atoms. The minimum absolute atomic E-state index is 0.00164. The first-order chi connectivity index (χ1) is 20.1. The maximum atomic E-state index is 14.5. The van der Waals surface area contributed by atoms with Crippen LogP contribution >= 0.6 is 0 Å².